The molecule has 0 aromatic heterocycles. The van der Waals surface area contributed by atoms with Crippen molar-refractivity contribution >= 4 is 40.4 Å². The summed E-state index contributed by atoms with van der Waals surface area (Å²) in [5.41, 5.74) is 0.511. The standard InChI is InChI=1S/C16H20N2O6S.ClH/c1-17-25(22,23)14-9-11(3-5-13(14)24-2)4-6-15(19)18-8-7-12(10-18)16(20)21;/h3-6,9,12,17H,7-8,10H2,1-2H3,(H,20,21);1H. The molecular formula is C16H21ClN2O6S. The van der Waals surface area contributed by atoms with Crippen LogP contribution >= 0.6 is 12.4 Å². The van der Waals surface area contributed by atoms with Gasteiger partial charge in [-0.3, -0.25) is 9.59 Å². The molecule has 1 aliphatic rings. The minimum Gasteiger partial charge on any atom is -0.495 e. The van der Waals surface area contributed by atoms with Crippen LogP contribution in [0.5, 0.6) is 5.75 Å². The van der Waals surface area contributed by atoms with Crippen LogP contribution in [0.25, 0.3) is 6.08 Å². The maximum atomic E-state index is 12.1. The van der Waals surface area contributed by atoms with Gasteiger partial charge in [-0.05, 0) is 37.2 Å². The molecule has 1 aromatic rings. The molecule has 1 atom stereocenters. The third-order valence-corrected chi connectivity index (χ3v) is 5.45. The van der Waals surface area contributed by atoms with Gasteiger partial charge in [0.05, 0.1) is 13.0 Å². The third-order valence-electron chi connectivity index (χ3n) is 4.01. The first-order valence-corrected chi connectivity index (χ1v) is 9.08. The fourth-order valence-corrected chi connectivity index (χ4v) is 3.48. The van der Waals surface area contributed by atoms with Gasteiger partial charge in [-0.25, -0.2) is 13.1 Å². The van der Waals surface area contributed by atoms with Crippen LogP contribution < -0.4 is 9.46 Å². The van der Waals surface area contributed by atoms with E-state index in [-0.39, 0.29) is 35.5 Å². The number of carbonyl (C=O) groups is 2. The van der Waals surface area contributed by atoms with Crippen molar-refractivity contribution in [3.8, 4) is 5.75 Å². The van der Waals surface area contributed by atoms with Crippen LogP contribution in [0.2, 0.25) is 0 Å². The maximum Gasteiger partial charge on any atom is 0.308 e. The van der Waals surface area contributed by atoms with E-state index in [1.807, 2.05) is 0 Å². The summed E-state index contributed by atoms with van der Waals surface area (Å²) in [6.45, 7) is 0.572. The summed E-state index contributed by atoms with van der Waals surface area (Å²) >= 11 is 0. The van der Waals surface area contributed by atoms with E-state index < -0.39 is 21.9 Å². The molecule has 0 spiro atoms. The Morgan fingerprint density at radius 1 is 1.38 bits per heavy atom. The minimum absolute atomic E-state index is 0. The first-order chi connectivity index (χ1) is 11.8. The average molecular weight is 405 g/mol. The second kappa shape index (κ2) is 9.02. The van der Waals surface area contributed by atoms with Crippen LogP contribution in [0.1, 0.15) is 12.0 Å². The Bertz CT molecular complexity index is 809. The number of hydrogen-bond donors (Lipinski definition) is 2. The summed E-state index contributed by atoms with van der Waals surface area (Å²) in [4.78, 5) is 24.5. The van der Waals surface area contributed by atoms with E-state index in [0.717, 1.165) is 0 Å². The highest BCUT2D eigenvalue weighted by molar-refractivity contribution is 7.89. The zero-order chi connectivity index (χ0) is 18.6. The number of rotatable bonds is 6. The third kappa shape index (κ3) is 4.96. The fourth-order valence-electron chi connectivity index (χ4n) is 2.55. The van der Waals surface area contributed by atoms with Crippen molar-refractivity contribution in [2.24, 2.45) is 5.92 Å². The molecule has 8 nitrogen and oxygen atoms in total. The highest BCUT2D eigenvalue weighted by atomic mass is 35.5. The quantitative estimate of drug-likeness (QED) is 0.683. The van der Waals surface area contributed by atoms with Crippen LogP contribution in [0.4, 0.5) is 0 Å². The van der Waals surface area contributed by atoms with Gasteiger partial charge < -0.3 is 14.7 Å². The van der Waals surface area contributed by atoms with Crippen molar-refractivity contribution in [3.63, 3.8) is 0 Å². The molecule has 1 amide bonds. The van der Waals surface area contributed by atoms with Gasteiger partial charge in [0, 0.05) is 19.2 Å². The first-order valence-electron chi connectivity index (χ1n) is 7.60. The molecule has 1 saturated heterocycles. The number of carboxylic acids is 1. The number of amides is 1. The molecule has 2 N–H and O–H groups in total. The lowest BCUT2D eigenvalue weighted by Crippen LogP contribution is -2.28. The Morgan fingerprint density at radius 3 is 2.62 bits per heavy atom. The molecule has 26 heavy (non-hydrogen) atoms. The van der Waals surface area contributed by atoms with Gasteiger partial charge in [0.1, 0.15) is 10.6 Å². The van der Waals surface area contributed by atoms with E-state index in [1.165, 1.54) is 43.3 Å². The number of nitrogens with one attached hydrogen (secondary N) is 1. The van der Waals surface area contributed by atoms with Gasteiger partial charge in [-0.1, -0.05) is 6.07 Å². The molecule has 2 rings (SSSR count). The predicted octanol–water partition coefficient (Wildman–Crippen LogP) is 0.971. The number of sulfonamides is 1. The van der Waals surface area contributed by atoms with E-state index in [9.17, 15) is 18.0 Å². The lowest BCUT2D eigenvalue weighted by atomic mass is 10.1. The monoisotopic (exact) mass is 404 g/mol. The Balaban J connectivity index is 0.00000338. The summed E-state index contributed by atoms with van der Waals surface area (Å²) < 4.78 is 31.3. The molecule has 144 valence electrons. The average Bonchev–Trinajstić information content (AvgIpc) is 3.10. The van der Waals surface area contributed by atoms with E-state index in [4.69, 9.17) is 9.84 Å². The van der Waals surface area contributed by atoms with E-state index in [0.29, 0.717) is 18.5 Å². The second-order valence-electron chi connectivity index (χ2n) is 5.56. The number of aliphatic carboxylic acids is 1. The molecule has 0 saturated carbocycles. The summed E-state index contributed by atoms with van der Waals surface area (Å²) in [6.07, 6.45) is 3.23. The summed E-state index contributed by atoms with van der Waals surface area (Å²) in [7, 11) is -1.03. The Kier molecular flexibility index (Phi) is 7.61. The fraction of sp³-hybridized carbons (Fsp3) is 0.375. The Morgan fingerprint density at radius 2 is 2.08 bits per heavy atom. The number of ether oxygens (including phenoxy) is 1. The zero-order valence-corrected chi connectivity index (χ0v) is 16.0. The van der Waals surface area contributed by atoms with Crippen LogP contribution in [-0.4, -0.2) is 57.5 Å². The minimum atomic E-state index is -3.70. The summed E-state index contributed by atoms with van der Waals surface area (Å²) in [5.74, 6) is -1.55. The molecule has 1 aromatic carbocycles. The van der Waals surface area contributed by atoms with Crippen LogP contribution in [0.3, 0.4) is 0 Å². The number of halogens is 1. The molecule has 10 heteroatoms. The van der Waals surface area contributed by atoms with Gasteiger partial charge in [0.15, 0.2) is 0 Å². The van der Waals surface area contributed by atoms with Crippen molar-refractivity contribution in [3.05, 3.63) is 29.8 Å². The molecule has 0 radical (unpaired) electrons. The largest absolute Gasteiger partial charge is 0.495 e. The van der Waals surface area contributed by atoms with E-state index in [2.05, 4.69) is 4.72 Å². The second-order valence-corrected chi connectivity index (χ2v) is 7.41. The predicted molar refractivity (Wildman–Crippen MR) is 97.8 cm³/mol. The zero-order valence-electron chi connectivity index (χ0n) is 14.3. The number of nitrogens with zero attached hydrogens (tertiary/aromatic N) is 1. The van der Waals surface area contributed by atoms with Crippen molar-refractivity contribution in [1.82, 2.24) is 9.62 Å². The van der Waals surface area contributed by atoms with Gasteiger partial charge >= 0.3 is 5.97 Å². The lowest BCUT2D eigenvalue weighted by molar-refractivity contribution is -0.141. The van der Waals surface area contributed by atoms with Crippen LogP contribution in [0.15, 0.2) is 29.2 Å². The SMILES string of the molecule is CNS(=O)(=O)c1cc(C=CC(=O)N2CCC(C(=O)O)C2)ccc1OC.Cl. The number of carbonyl (C=O) groups excluding carboxylic acids is 1. The number of likely N-dealkylation sites (tertiary alicyclic amines) is 1. The van der Waals surface area contributed by atoms with Crippen molar-refractivity contribution in [2.45, 2.75) is 11.3 Å². The maximum absolute atomic E-state index is 12.1. The molecule has 0 aliphatic carbocycles. The first kappa shape index (κ1) is 21.9. The van der Waals surface area contributed by atoms with Crippen molar-refractivity contribution in [2.75, 3.05) is 27.2 Å². The van der Waals surface area contributed by atoms with Crippen LogP contribution in [0, 0.1) is 5.92 Å². The van der Waals surface area contributed by atoms with E-state index >= 15 is 0 Å². The number of carboxylic acid groups (broad SMARTS) is 1. The molecule has 1 fully saturated rings. The topological polar surface area (TPSA) is 113 Å². The van der Waals surface area contributed by atoms with Crippen molar-refractivity contribution in [1.29, 1.82) is 0 Å². The number of hydrogen-bond acceptors (Lipinski definition) is 5. The molecule has 1 heterocycles. The smallest absolute Gasteiger partial charge is 0.308 e. The number of benzene rings is 1. The molecule has 0 bridgehead atoms. The molecular weight excluding hydrogens is 384 g/mol. The van der Waals surface area contributed by atoms with Gasteiger partial charge in [-0.15, -0.1) is 12.4 Å². The Hall–Kier alpha value is -2.10. The van der Waals surface area contributed by atoms with Gasteiger partial charge in [-0.2, -0.15) is 0 Å². The molecule has 1 aliphatic heterocycles. The van der Waals surface area contributed by atoms with E-state index in [1.54, 1.807) is 6.07 Å². The van der Waals surface area contributed by atoms with Crippen molar-refractivity contribution < 1.29 is 27.9 Å². The van der Waals surface area contributed by atoms with Crippen LogP contribution in [-0.2, 0) is 19.6 Å². The molecule has 1 unspecified atom stereocenters. The normalized spacial score (nSPS) is 17.2. The highest BCUT2D eigenvalue weighted by Crippen LogP contribution is 2.25. The number of methoxy groups -OCH3 is 1. The Labute approximate surface area is 158 Å². The summed E-state index contributed by atoms with van der Waals surface area (Å²) in [6, 6.07) is 4.53. The highest BCUT2D eigenvalue weighted by Gasteiger charge is 2.29. The van der Waals surface area contributed by atoms with Gasteiger partial charge in [0.2, 0.25) is 15.9 Å². The van der Waals surface area contributed by atoms with Gasteiger partial charge in [0.25, 0.3) is 0 Å². The summed E-state index contributed by atoms with van der Waals surface area (Å²) in [5, 5.41) is 8.97. The lowest BCUT2D eigenvalue weighted by Gasteiger charge is -2.13.